The predicted octanol–water partition coefficient (Wildman–Crippen LogP) is 3.61. The van der Waals surface area contributed by atoms with Gasteiger partial charge >= 0.3 is 0 Å². The molecule has 3 fully saturated rings. The average Bonchev–Trinajstić information content (AvgIpc) is 2.86. The van der Waals surface area contributed by atoms with E-state index >= 15 is 0 Å². The number of aliphatic hydroxyl groups is 3. The molecular formula is C21H38O3. The van der Waals surface area contributed by atoms with E-state index in [0.29, 0.717) is 17.3 Å². The van der Waals surface area contributed by atoms with E-state index in [1.54, 1.807) is 0 Å². The van der Waals surface area contributed by atoms with Crippen LogP contribution in [-0.4, -0.2) is 34.1 Å². The molecule has 0 spiro atoms. The maximum Gasteiger partial charge on any atom is 0.0835 e. The Bertz CT molecular complexity index is 452. The summed E-state index contributed by atoms with van der Waals surface area (Å²) < 4.78 is 0. The van der Waals surface area contributed by atoms with E-state index in [2.05, 4.69) is 27.7 Å². The van der Waals surface area contributed by atoms with Crippen molar-refractivity contribution in [2.75, 3.05) is 6.61 Å². The van der Waals surface area contributed by atoms with Crippen molar-refractivity contribution >= 4 is 0 Å². The molecule has 0 aromatic carbocycles. The first-order valence-corrected chi connectivity index (χ1v) is 10.3. The lowest BCUT2D eigenvalue weighted by Crippen LogP contribution is -2.62. The van der Waals surface area contributed by atoms with E-state index in [1.807, 2.05) is 0 Å². The number of rotatable bonds is 4. The second-order valence-electron chi connectivity index (χ2n) is 9.64. The van der Waals surface area contributed by atoms with E-state index in [4.69, 9.17) is 0 Å². The molecule has 3 N–H and O–H groups in total. The van der Waals surface area contributed by atoms with Gasteiger partial charge in [0.05, 0.1) is 12.2 Å². The molecule has 5 unspecified atom stereocenters. The van der Waals surface area contributed by atoms with Crippen LogP contribution in [0.5, 0.6) is 0 Å². The summed E-state index contributed by atoms with van der Waals surface area (Å²) in [5, 5.41) is 31.4. The highest BCUT2D eigenvalue weighted by molar-refractivity contribution is 5.11. The summed E-state index contributed by atoms with van der Waals surface area (Å²) in [6.07, 6.45) is 6.38. The summed E-state index contributed by atoms with van der Waals surface area (Å²) >= 11 is 0. The third-order valence-corrected chi connectivity index (χ3v) is 8.97. The summed E-state index contributed by atoms with van der Waals surface area (Å²) in [5.74, 6) is 2.12. The first kappa shape index (κ1) is 18.7. The maximum atomic E-state index is 11.1. The van der Waals surface area contributed by atoms with Crippen LogP contribution in [0.15, 0.2) is 0 Å². The van der Waals surface area contributed by atoms with Crippen LogP contribution in [0.4, 0.5) is 0 Å². The summed E-state index contributed by atoms with van der Waals surface area (Å²) in [7, 11) is 0. The van der Waals surface area contributed by atoms with Gasteiger partial charge in [0.2, 0.25) is 0 Å². The van der Waals surface area contributed by atoms with Gasteiger partial charge in [-0.1, -0.05) is 34.1 Å². The highest BCUT2D eigenvalue weighted by Crippen LogP contribution is 2.66. The van der Waals surface area contributed by atoms with Crippen molar-refractivity contribution in [1.82, 2.24) is 0 Å². The molecule has 3 saturated carbocycles. The van der Waals surface area contributed by atoms with Gasteiger partial charge in [0.15, 0.2) is 0 Å². The lowest BCUT2D eigenvalue weighted by atomic mass is 9.44. The van der Waals surface area contributed by atoms with Crippen molar-refractivity contribution in [3.63, 3.8) is 0 Å². The third kappa shape index (κ3) is 2.49. The number of aliphatic hydroxyl groups excluding tert-OH is 3. The Morgan fingerprint density at radius 2 is 1.71 bits per heavy atom. The van der Waals surface area contributed by atoms with Gasteiger partial charge < -0.3 is 15.3 Å². The Hall–Kier alpha value is -0.120. The van der Waals surface area contributed by atoms with Crippen LogP contribution >= 0.6 is 0 Å². The van der Waals surface area contributed by atoms with Gasteiger partial charge in [-0.2, -0.15) is 0 Å². The molecule has 140 valence electrons. The fourth-order valence-electron chi connectivity index (χ4n) is 7.37. The molecule has 3 aliphatic rings. The van der Waals surface area contributed by atoms with E-state index in [9.17, 15) is 15.3 Å². The Morgan fingerprint density at radius 3 is 2.33 bits per heavy atom. The zero-order chi connectivity index (χ0) is 17.7. The molecule has 0 aromatic rings. The minimum absolute atomic E-state index is 0.0357. The quantitative estimate of drug-likeness (QED) is 0.734. The van der Waals surface area contributed by atoms with Gasteiger partial charge in [0.1, 0.15) is 0 Å². The molecule has 0 amide bonds. The number of hydrogen-bond donors (Lipinski definition) is 3. The van der Waals surface area contributed by atoms with Crippen molar-refractivity contribution in [2.24, 2.45) is 40.4 Å². The average molecular weight is 339 g/mol. The molecule has 9 atom stereocenters. The van der Waals surface area contributed by atoms with Crippen LogP contribution in [0.1, 0.15) is 72.6 Å². The van der Waals surface area contributed by atoms with Gasteiger partial charge in [-0.05, 0) is 78.9 Å². The molecule has 0 bridgehead atoms. The van der Waals surface area contributed by atoms with Crippen molar-refractivity contribution in [3.05, 3.63) is 0 Å². The number of fused-ring (bicyclic) bond motifs is 3. The van der Waals surface area contributed by atoms with Gasteiger partial charge in [-0.3, -0.25) is 0 Å². The van der Waals surface area contributed by atoms with Crippen molar-refractivity contribution in [2.45, 2.75) is 84.8 Å². The zero-order valence-corrected chi connectivity index (χ0v) is 16.0. The SMILES string of the molecule is CCC1[C@@H](O)C(O)C2C(CC[C@@]3(C)C2CC[C@@H]3C)[C@@]1(C)CCCO. The van der Waals surface area contributed by atoms with Crippen LogP contribution in [0.25, 0.3) is 0 Å². The standard InChI is InChI=1S/C21H38O3/c1-5-14-18(23)19(24)17-15-8-7-13(2)20(15,3)11-9-16(17)21(14,4)10-6-12-22/h13-19,22-24H,5-12H2,1-4H3/t13-,14?,15?,16?,17?,18+,19?,20+,21-/m0/s1. The molecule has 0 aliphatic heterocycles. The summed E-state index contributed by atoms with van der Waals surface area (Å²) in [6.45, 7) is 9.51. The van der Waals surface area contributed by atoms with Gasteiger partial charge in [0.25, 0.3) is 0 Å². The van der Waals surface area contributed by atoms with Crippen molar-refractivity contribution in [1.29, 1.82) is 0 Å². The summed E-state index contributed by atoms with van der Waals surface area (Å²) in [6, 6.07) is 0. The highest BCUT2D eigenvalue weighted by Gasteiger charge is 2.62. The Balaban J connectivity index is 1.98. The minimum Gasteiger partial charge on any atom is -0.396 e. The summed E-state index contributed by atoms with van der Waals surface area (Å²) in [5.41, 5.74) is 0.368. The van der Waals surface area contributed by atoms with Gasteiger partial charge in [0, 0.05) is 6.61 Å². The van der Waals surface area contributed by atoms with E-state index < -0.39 is 12.2 Å². The van der Waals surface area contributed by atoms with Gasteiger partial charge in [-0.15, -0.1) is 0 Å². The fraction of sp³-hybridized carbons (Fsp3) is 1.00. The second-order valence-corrected chi connectivity index (χ2v) is 9.64. The maximum absolute atomic E-state index is 11.1. The van der Waals surface area contributed by atoms with Crippen molar-refractivity contribution < 1.29 is 15.3 Å². The smallest absolute Gasteiger partial charge is 0.0835 e. The minimum atomic E-state index is -0.613. The van der Waals surface area contributed by atoms with E-state index in [1.165, 1.54) is 25.7 Å². The molecule has 3 rings (SSSR count). The molecule has 0 saturated heterocycles. The predicted molar refractivity (Wildman–Crippen MR) is 96.4 cm³/mol. The lowest BCUT2D eigenvalue weighted by molar-refractivity contribution is -0.207. The Kier molecular flexibility index (Phi) is 5.10. The van der Waals surface area contributed by atoms with E-state index in [-0.39, 0.29) is 23.9 Å². The molecule has 3 aliphatic carbocycles. The largest absolute Gasteiger partial charge is 0.396 e. The Labute approximate surface area is 147 Å². The fourth-order valence-corrected chi connectivity index (χ4v) is 7.37. The molecule has 0 aromatic heterocycles. The first-order chi connectivity index (χ1) is 11.3. The second kappa shape index (κ2) is 6.55. The van der Waals surface area contributed by atoms with Crippen LogP contribution in [-0.2, 0) is 0 Å². The Morgan fingerprint density at radius 1 is 1.00 bits per heavy atom. The molecular weight excluding hydrogens is 300 g/mol. The number of hydrogen-bond acceptors (Lipinski definition) is 3. The summed E-state index contributed by atoms with van der Waals surface area (Å²) in [4.78, 5) is 0. The van der Waals surface area contributed by atoms with Crippen LogP contribution in [0.3, 0.4) is 0 Å². The lowest BCUT2D eigenvalue weighted by Gasteiger charge is -2.62. The first-order valence-electron chi connectivity index (χ1n) is 10.3. The van der Waals surface area contributed by atoms with Crippen LogP contribution in [0, 0.1) is 40.4 Å². The van der Waals surface area contributed by atoms with Crippen molar-refractivity contribution in [3.8, 4) is 0 Å². The van der Waals surface area contributed by atoms with E-state index in [0.717, 1.165) is 25.2 Å². The van der Waals surface area contributed by atoms with Gasteiger partial charge in [-0.25, -0.2) is 0 Å². The molecule has 3 nitrogen and oxygen atoms in total. The molecule has 3 heteroatoms. The monoisotopic (exact) mass is 338 g/mol. The highest BCUT2D eigenvalue weighted by atomic mass is 16.3. The topological polar surface area (TPSA) is 60.7 Å². The van der Waals surface area contributed by atoms with Crippen LogP contribution in [0.2, 0.25) is 0 Å². The third-order valence-electron chi connectivity index (χ3n) is 8.97. The molecule has 24 heavy (non-hydrogen) atoms. The van der Waals surface area contributed by atoms with Crippen LogP contribution < -0.4 is 0 Å². The molecule has 0 radical (unpaired) electrons. The molecule has 0 heterocycles. The normalized spacial score (nSPS) is 54.4. The zero-order valence-electron chi connectivity index (χ0n) is 16.0.